The third-order valence-corrected chi connectivity index (χ3v) is 3.67. The third kappa shape index (κ3) is 3.69. The molecule has 23 heavy (non-hydrogen) atoms. The van der Waals surface area contributed by atoms with Crippen LogP contribution in [0.1, 0.15) is 11.4 Å². The van der Waals surface area contributed by atoms with Crippen molar-refractivity contribution in [3.05, 3.63) is 59.9 Å². The summed E-state index contributed by atoms with van der Waals surface area (Å²) in [6.45, 7) is 0.549. The van der Waals surface area contributed by atoms with Crippen molar-refractivity contribution in [1.82, 2.24) is 15.3 Å². The highest BCUT2D eigenvalue weighted by Gasteiger charge is 2.08. The SMILES string of the molecule is COc1ccccc1CC(=O)NCCc1nc2ccccc2[nH]1. The summed E-state index contributed by atoms with van der Waals surface area (Å²) in [7, 11) is 1.61. The van der Waals surface area contributed by atoms with Gasteiger partial charge in [0, 0.05) is 18.5 Å². The molecule has 0 aliphatic carbocycles. The van der Waals surface area contributed by atoms with Crippen LogP contribution in [0, 0.1) is 0 Å². The van der Waals surface area contributed by atoms with Gasteiger partial charge in [-0.25, -0.2) is 4.98 Å². The number of ether oxygens (including phenoxy) is 1. The number of hydrogen-bond acceptors (Lipinski definition) is 3. The van der Waals surface area contributed by atoms with E-state index < -0.39 is 0 Å². The molecular formula is C18H19N3O2. The normalized spacial score (nSPS) is 10.7. The highest BCUT2D eigenvalue weighted by molar-refractivity contribution is 5.79. The second-order valence-corrected chi connectivity index (χ2v) is 5.29. The Bertz CT molecular complexity index is 778. The van der Waals surface area contributed by atoms with E-state index in [0.29, 0.717) is 19.4 Å². The van der Waals surface area contributed by atoms with Crippen molar-refractivity contribution in [2.75, 3.05) is 13.7 Å². The molecule has 0 aliphatic heterocycles. The summed E-state index contributed by atoms with van der Waals surface area (Å²) < 4.78 is 5.26. The van der Waals surface area contributed by atoms with E-state index in [1.165, 1.54) is 0 Å². The van der Waals surface area contributed by atoms with Crippen LogP contribution in [0.15, 0.2) is 48.5 Å². The van der Waals surface area contributed by atoms with Gasteiger partial charge in [-0.15, -0.1) is 0 Å². The monoisotopic (exact) mass is 309 g/mol. The number of hydrogen-bond donors (Lipinski definition) is 2. The lowest BCUT2D eigenvalue weighted by molar-refractivity contribution is -0.120. The van der Waals surface area contributed by atoms with Crippen molar-refractivity contribution in [3.8, 4) is 5.75 Å². The zero-order valence-corrected chi connectivity index (χ0v) is 13.0. The Hall–Kier alpha value is -2.82. The summed E-state index contributed by atoms with van der Waals surface area (Å²) in [6, 6.07) is 15.4. The average Bonchev–Trinajstić information content (AvgIpc) is 2.98. The van der Waals surface area contributed by atoms with Crippen molar-refractivity contribution in [1.29, 1.82) is 0 Å². The van der Waals surface area contributed by atoms with Crippen molar-refractivity contribution in [2.45, 2.75) is 12.8 Å². The Morgan fingerprint density at radius 2 is 1.96 bits per heavy atom. The van der Waals surface area contributed by atoms with Gasteiger partial charge >= 0.3 is 0 Å². The average molecular weight is 309 g/mol. The first-order valence-corrected chi connectivity index (χ1v) is 7.58. The van der Waals surface area contributed by atoms with Crippen LogP contribution in [0.3, 0.4) is 0 Å². The van der Waals surface area contributed by atoms with E-state index in [1.54, 1.807) is 7.11 Å². The molecule has 0 aliphatic rings. The molecule has 2 N–H and O–H groups in total. The fourth-order valence-electron chi connectivity index (χ4n) is 2.53. The number of aromatic amines is 1. The van der Waals surface area contributed by atoms with Crippen LogP contribution in [-0.4, -0.2) is 29.5 Å². The molecule has 0 radical (unpaired) electrons. The maximum Gasteiger partial charge on any atom is 0.224 e. The van der Waals surface area contributed by atoms with Gasteiger partial charge < -0.3 is 15.0 Å². The zero-order chi connectivity index (χ0) is 16.1. The first kappa shape index (κ1) is 15.1. The number of benzene rings is 2. The number of carbonyl (C=O) groups excluding carboxylic acids is 1. The van der Waals surface area contributed by atoms with Crippen molar-refractivity contribution in [3.63, 3.8) is 0 Å². The van der Waals surface area contributed by atoms with Gasteiger partial charge in [0.15, 0.2) is 0 Å². The minimum atomic E-state index is -0.0226. The van der Waals surface area contributed by atoms with Crippen LogP contribution in [0.5, 0.6) is 5.75 Å². The van der Waals surface area contributed by atoms with Gasteiger partial charge in [-0.2, -0.15) is 0 Å². The summed E-state index contributed by atoms with van der Waals surface area (Å²) in [5.74, 6) is 1.59. The number of aromatic nitrogens is 2. The summed E-state index contributed by atoms with van der Waals surface area (Å²) >= 11 is 0. The molecule has 0 atom stereocenters. The smallest absolute Gasteiger partial charge is 0.224 e. The maximum atomic E-state index is 12.0. The summed E-state index contributed by atoms with van der Waals surface area (Å²) in [6.07, 6.45) is 0.983. The highest BCUT2D eigenvalue weighted by Crippen LogP contribution is 2.17. The summed E-state index contributed by atoms with van der Waals surface area (Å²) in [5, 5.41) is 2.92. The van der Waals surface area contributed by atoms with E-state index in [9.17, 15) is 4.79 Å². The molecule has 0 bridgehead atoms. The van der Waals surface area contributed by atoms with Crippen LogP contribution in [-0.2, 0) is 17.6 Å². The molecule has 0 spiro atoms. The molecule has 0 saturated carbocycles. The van der Waals surface area contributed by atoms with Crippen LogP contribution < -0.4 is 10.1 Å². The number of nitrogens with one attached hydrogen (secondary N) is 2. The van der Waals surface area contributed by atoms with Gasteiger partial charge in [0.05, 0.1) is 24.6 Å². The number of para-hydroxylation sites is 3. The molecule has 1 heterocycles. The number of carbonyl (C=O) groups is 1. The predicted molar refractivity (Wildman–Crippen MR) is 89.5 cm³/mol. The van der Waals surface area contributed by atoms with Gasteiger partial charge in [0.25, 0.3) is 0 Å². The number of H-pyrrole nitrogens is 1. The lowest BCUT2D eigenvalue weighted by Gasteiger charge is -2.08. The van der Waals surface area contributed by atoms with E-state index in [1.807, 2.05) is 48.5 Å². The number of amides is 1. The minimum absolute atomic E-state index is 0.0226. The van der Waals surface area contributed by atoms with Gasteiger partial charge in [-0.1, -0.05) is 30.3 Å². The van der Waals surface area contributed by atoms with Gasteiger partial charge in [-0.05, 0) is 18.2 Å². The molecule has 0 fully saturated rings. The van der Waals surface area contributed by atoms with E-state index in [2.05, 4.69) is 15.3 Å². The van der Waals surface area contributed by atoms with E-state index in [-0.39, 0.29) is 5.91 Å². The standard InChI is InChI=1S/C18H19N3O2/c1-23-16-9-5-2-6-13(16)12-18(22)19-11-10-17-20-14-7-3-4-8-15(14)21-17/h2-9H,10-12H2,1H3,(H,19,22)(H,20,21). The Morgan fingerprint density at radius 3 is 2.78 bits per heavy atom. The second-order valence-electron chi connectivity index (χ2n) is 5.29. The van der Waals surface area contributed by atoms with E-state index in [0.717, 1.165) is 28.2 Å². The Kier molecular flexibility index (Phi) is 4.57. The van der Waals surface area contributed by atoms with Crippen LogP contribution in [0.4, 0.5) is 0 Å². The quantitative estimate of drug-likeness (QED) is 0.735. The van der Waals surface area contributed by atoms with Crippen LogP contribution in [0.25, 0.3) is 11.0 Å². The van der Waals surface area contributed by atoms with E-state index >= 15 is 0 Å². The summed E-state index contributed by atoms with van der Waals surface area (Å²) in [4.78, 5) is 19.8. The molecule has 3 rings (SSSR count). The largest absolute Gasteiger partial charge is 0.496 e. The molecule has 0 saturated heterocycles. The fraction of sp³-hybridized carbons (Fsp3) is 0.222. The number of fused-ring (bicyclic) bond motifs is 1. The van der Waals surface area contributed by atoms with Gasteiger partial charge in [0.1, 0.15) is 11.6 Å². The summed E-state index contributed by atoms with van der Waals surface area (Å²) in [5.41, 5.74) is 2.85. The topological polar surface area (TPSA) is 67.0 Å². The molecule has 0 unspecified atom stereocenters. The van der Waals surface area contributed by atoms with Gasteiger partial charge in [0.2, 0.25) is 5.91 Å². The third-order valence-electron chi connectivity index (χ3n) is 3.67. The molecule has 118 valence electrons. The number of imidazole rings is 1. The molecule has 1 aromatic heterocycles. The van der Waals surface area contributed by atoms with E-state index in [4.69, 9.17) is 4.74 Å². The Morgan fingerprint density at radius 1 is 1.17 bits per heavy atom. The number of rotatable bonds is 6. The molecule has 5 nitrogen and oxygen atoms in total. The fourth-order valence-corrected chi connectivity index (χ4v) is 2.53. The van der Waals surface area contributed by atoms with Crippen LogP contribution >= 0.6 is 0 Å². The molecule has 5 heteroatoms. The van der Waals surface area contributed by atoms with Crippen LogP contribution in [0.2, 0.25) is 0 Å². The number of methoxy groups -OCH3 is 1. The Labute approximate surface area is 134 Å². The lowest BCUT2D eigenvalue weighted by Crippen LogP contribution is -2.27. The molecule has 2 aromatic carbocycles. The van der Waals surface area contributed by atoms with Crippen molar-refractivity contribution < 1.29 is 9.53 Å². The predicted octanol–water partition coefficient (Wildman–Crippen LogP) is 2.47. The molecule has 1 amide bonds. The first-order valence-electron chi connectivity index (χ1n) is 7.58. The van der Waals surface area contributed by atoms with Crippen molar-refractivity contribution in [2.24, 2.45) is 0 Å². The number of nitrogens with zero attached hydrogens (tertiary/aromatic N) is 1. The zero-order valence-electron chi connectivity index (χ0n) is 13.0. The second kappa shape index (κ2) is 6.96. The minimum Gasteiger partial charge on any atom is -0.496 e. The Balaban J connectivity index is 1.53. The molecule has 3 aromatic rings. The first-order chi connectivity index (χ1) is 11.3. The lowest BCUT2D eigenvalue weighted by atomic mass is 10.1. The maximum absolute atomic E-state index is 12.0. The van der Waals surface area contributed by atoms with Gasteiger partial charge in [-0.3, -0.25) is 4.79 Å². The highest BCUT2D eigenvalue weighted by atomic mass is 16.5. The van der Waals surface area contributed by atoms with Crippen molar-refractivity contribution >= 4 is 16.9 Å². The molecular weight excluding hydrogens is 290 g/mol.